The van der Waals surface area contributed by atoms with E-state index in [4.69, 9.17) is 10.5 Å². The molecule has 3 aromatic rings. The Morgan fingerprint density at radius 2 is 1.85 bits per heavy atom. The Morgan fingerprint density at radius 3 is 2.50 bits per heavy atom. The van der Waals surface area contributed by atoms with Crippen LogP contribution in [0.25, 0.3) is 16.6 Å². The number of fused-ring (bicyclic) bond motifs is 1. The first-order valence-corrected chi connectivity index (χ1v) is 8.01. The number of aromatic nitrogens is 2. The Labute approximate surface area is 148 Å². The molecule has 0 saturated carbocycles. The minimum atomic E-state index is -1.01. The number of nitrogens with one attached hydrogen (secondary N) is 1. The fourth-order valence-electron chi connectivity index (χ4n) is 3.19. The number of aliphatic hydroxyl groups excluding tert-OH is 1. The number of carbonyl (C=O) groups is 1. The van der Waals surface area contributed by atoms with Gasteiger partial charge in [0.2, 0.25) is 0 Å². The van der Waals surface area contributed by atoms with Gasteiger partial charge in [0, 0.05) is 12.7 Å². The van der Waals surface area contributed by atoms with Gasteiger partial charge in [-0.15, -0.1) is 0 Å². The van der Waals surface area contributed by atoms with Crippen molar-refractivity contribution in [1.29, 1.82) is 5.41 Å². The van der Waals surface area contributed by atoms with E-state index in [1.54, 1.807) is 17.0 Å². The maximum Gasteiger partial charge on any atom is 0.335 e. The van der Waals surface area contributed by atoms with Crippen LogP contribution in [0.5, 0.6) is 0 Å². The summed E-state index contributed by atoms with van der Waals surface area (Å²) in [6, 6.07) is 13.8. The summed E-state index contributed by atoms with van der Waals surface area (Å²) in [6.45, 7) is 0.143. The standard InChI is InChI=1S/C19H16N4O3/c1-22-14-5-3-2-4-13(14)21-18(22)16-15(24)10-23(17(16)20)12-8-6-11(7-9-12)19(25)26/h2-9,20,24H,10H2,1H3,(H,25,26). The first kappa shape index (κ1) is 15.9. The molecule has 0 bridgehead atoms. The highest BCUT2D eigenvalue weighted by Gasteiger charge is 2.32. The van der Waals surface area contributed by atoms with E-state index < -0.39 is 5.97 Å². The number of hydrogen-bond donors (Lipinski definition) is 3. The lowest BCUT2D eigenvalue weighted by atomic mass is 10.2. The minimum Gasteiger partial charge on any atom is -0.509 e. The number of benzene rings is 2. The molecule has 2 heterocycles. The van der Waals surface area contributed by atoms with E-state index in [0.717, 1.165) is 11.0 Å². The van der Waals surface area contributed by atoms with Gasteiger partial charge < -0.3 is 19.7 Å². The predicted octanol–water partition coefficient (Wildman–Crippen LogP) is 3.04. The Morgan fingerprint density at radius 1 is 1.15 bits per heavy atom. The molecule has 0 saturated heterocycles. The maximum absolute atomic E-state index is 11.0. The van der Waals surface area contributed by atoms with E-state index >= 15 is 0 Å². The van der Waals surface area contributed by atoms with Crippen LogP contribution in [0.15, 0.2) is 54.3 Å². The van der Waals surface area contributed by atoms with Crippen LogP contribution in [0.2, 0.25) is 0 Å². The van der Waals surface area contributed by atoms with Crippen LogP contribution in [-0.2, 0) is 7.05 Å². The van der Waals surface area contributed by atoms with Crippen molar-refractivity contribution in [3.63, 3.8) is 0 Å². The zero-order valence-corrected chi connectivity index (χ0v) is 14.0. The van der Waals surface area contributed by atoms with Crippen molar-refractivity contribution in [2.45, 2.75) is 0 Å². The molecule has 7 heteroatoms. The van der Waals surface area contributed by atoms with Crippen LogP contribution >= 0.6 is 0 Å². The number of aromatic carboxylic acids is 1. The number of aryl methyl sites for hydroxylation is 1. The van der Waals surface area contributed by atoms with Crippen LogP contribution in [0, 0.1) is 5.41 Å². The molecule has 7 nitrogen and oxygen atoms in total. The Bertz CT molecular complexity index is 1080. The van der Waals surface area contributed by atoms with Gasteiger partial charge in [-0.25, -0.2) is 9.78 Å². The Kier molecular flexibility index (Phi) is 3.50. The van der Waals surface area contributed by atoms with E-state index in [1.807, 2.05) is 35.9 Å². The number of rotatable bonds is 3. The molecule has 0 radical (unpaired) electrons. The molecule has 0 aliphatic carbocycles. The van der Waals surface area contributed by atoms with Crippen molar-refractivity contribution in [2.75, 3.05) is 11.4 Å². The zero-order chi connectivity index (χ0) is 18.4. The molecule has 1 aliphatic rings. The van der Waals surface area contributed by atoms with Gasteiger partial charge in [0.1, 0.15) is 17.4 Å². The first-order valence-electron chi connectivity index (χ1n) is 8.01. The number of para-hydroxylation sites is 2. The number of hydrogen-bond acceptors (Lipinski definition) is 4. The maximum atomic E-state index is 11.0. The highest BCUT2D eigenvalue weighted by Crippen LogP contribution is 2.32. The average Bonchev–Trinajstić information content (AvgIpc) is 3.11. The molecule has 1 aliphatic heterocycles. The lowest BCUT2D eigenvalue weighted by molar-refractivity contribution is 0.0697. The summed E-state index contributed by atoms with van der Waals surface area (Å²) in [5, 5.41) is 28.0. The van der Waals surface area contributed by atoms with Gasteiger partial charge in [-0.05, 0) is 36.4 Å². The van der Waals surface area contributed by atoms with Gasteiger partial charge in [-0.3, -0.25) is 5.41 Å². The van der Waals surface area contributed by atoms with Crippen molar-refractivity contribution in [3.8, 4) is 0 Å². The van der Waals surface area contributed by atoms with Crippen molar-refractivity contribution in [3.05, 3.63) is 65.7 Å². The zero-order valence-electron chi connectivity index (χ0n) is 14.0. The third kappa shape index (κ3) is 2.33. The third-order valence-electron chi connectivity index (χ3n) is 4.54. The molecule has 0 atom stereocenters. The van der Waals surface area contributed by atoms with Crippen LogP contribution in [-0.4, -0.2) is 38.1 Å². The molecule has 2 aromatic carbocycles. The Balaban J connectivity index is 1.72. The fourth-order valence-corrected chi connectivity index (χ4v) is 3.19. The van der Waals surface area contributed by atoms with Crippen molar-refractivity contribution >= 4 is 34.1 Å². The van der Waals surface area contributed by atoms with E-state index in [-0.39, 0.29) is 23.7 Å². The van der Waals surface area contributed by atoms with Crippen LogP contribution in [0.4, 0.5) is 5.69 Å². The summed E-state index contributed by atoms with van der Waals surface area (Å²) in [4.78, 5) is 17.2. The number of anilines is 1. The van der Waals surface area contributed by atoms with E-state index in [2.05, 4.69) is 4.98 Å². The third-order valence-corrected chi connectivity index (χ3v) is 4.54. The number of aliphatic hydroxyl groups is 1. The molecule has 130 valence electrons. The van der Waals surface area contributed by atoms with Gasteiger partial charge >= 0.3 is 5.97 Å². The van der Waals surface area contributed by atoms with Gasteiger partial charge in [0.05, 0.1) is 28.7 Å². The largest absolute Gasteiger partial charge is 0.509 e. The lowest BCUT2D eigenvalue weighted by Gasteiger charge is -2.19. The summed E-state index contributed by atoms with van der Waals surface area (Å²) in [7, 11) is 1.85. The summed E-state index contributed by atoms with van der Waals surface area (Å²) < 4.78 is 1.85. The van der Waals surface area contributed by atoms with Crippen LogP contribution in [0.3, 0.4) is 0 Å². The molecular formula is C19H16N4O3. The first-order chi connectivity index (χ1) is 12.5. The number of carboxylic acids is 1. The van der Waals surface area contributed by atoms with Crippen molar-refractivity contribution < 1.29 is 15.0 Å². The normalized spacial score (nSPS) is 14.5. The second kappa shape index (κ2) is 5.73. The van der Waals surface area contributed by atoms with Gasteiger partial charge in [-0.2, -0.15) is 0 Å². The van der Waals surface area contributed by atoms with Gasteiger partial charge in [-0.1, -0.05) is 12.1 Å². The van der Waals surface area contributed by atoms with Crippen LogP contribution in [0.1, 0.15) is 16.2 Å². The molecule has 4 rings (SSSR count). The van der Waals surface area contributed by atoms with E-state index in [1.165, 1.54) is 12.1 Å². The Hall–Kier alpha value is -3.61. The molecule has 0 amide bonds. The number of nitrogens with zero attached hydrogens (tertiary/aromatic N) is 3. The smallest absolute Gasteiger partial charge is 0.335 e. The van der Waals surface area contributed by atoms with Gasteiger partial charge in [0.15, 0.2) is 0 Å². The SMILES string of the molecule is Cn1c(C2=C(O)CN(c3ccc(C(=O)O)cc3)C2=N)nc2ccccc21. The quantitative estimate of drug-likeness (QED) is 0.675. The summed E-state index contributed by atoms with van der Waals surface area (Å²) >= 11 is 0. The second-order valence-electron chi connectivity index (χ2n) is 6.09. The molecule has 26 heavy (non-hydrogen) atoms. The van der Waals surface area contributed by atoms with E-state index in [9.17, 15) is 9.90 Å². The second-order valence-corrected chi connectivity index (χ2v) is 6.09. The average molecular weight is 348 g/mol. The summed E-state index contributed by atoms with van der Waals surface area (Å²) in [5.41, 5.74) is 2.90. The van der Waals surface area contributed by atoms with Crippen LogP contribution < -0.4 is 4.90 Å². The molecule has 3 N–H and O–H groups in total. The minimum absolute atomic E-state index is 0.0655. The highest BCUT2D eigenvalue weighted by molar-refractivity contribution is 6.30. The number of carboxylic acid groups (broad SMARTS) is 1. The molecule has 0 unspecified atom stereocenters. The van der Waals surface area contributed by atoms with Crippen molar-refractivity contribution in [2.24, 2.45) is 7.05 Å². The fraction of sp³-hybridized carbons (Fsp3) is 0.105. The number of imidazole rings is 1. The molecule has 0 fully saturated rings. The summed E-state index contributed by atoms with van der Waals surface area (Å²) in [6.07, 6.45) is 0. The monoisotopic (exact) mass is 348 g/mol. The van der Waals surface area contributed by atoms with Gasteiger partial charge in [0.25, 0.3) is 0 Å². The molecule has 0 spiro atoms. The topological polar surface area (TPSA) is 102 Å². The summed E-state index contributed by atoms with van der Waals surface area (Å²) in [5.74, 6) is -0.285. The van der Waals surface area contributed by atoms with E-state index in [0.29, 0.717) is 17.1 Å². The lowest BCUT2D eigenvalue weighted by Crippen LogP contribution is -2.26. The van der Waals surface area contributed by atoms with Crippen molar-refractivity contribution in [1.82, 2.24) is 9.55 Å². The number of amidine groups is 1. The predicted molar refractivity (Wildman–Crippen MR) is 98.7 cm³/mol. The molecular weight excluding hydrogens is 332 g/mol. The molecule has 1 aromatic heterocycles. The highest BCUT2D eigenvalue weighted by atomic mass is 16.4.